The predicted octanol–water partition coefficient (Wildman–Crippen LogP) is 1.79. The lowest BCUT2D eigenvalue weighted by Gasteiger charge is -2.21. The number of methoxy groups -OCH3 is 2. The van der Waals surface area contributed by atoms with Crippen LogP contribution in [0.15, 0.2) is 22.7 Å². The Morgan fingerprint density at radius 1 is 1.28 bits per heavy atom. The Kier molecular flexibility index (Phi) is 4.61. The Hall–Kier alpha value is -0.620. The van der Waals surface area contributed by atoms with Crippen LogP contribution in [0.5, 0.6) is 0 Å². The summed E-state index contributed by atoms with van der Waals surface area (Å²) >= 11 is 3.42. The lowest BCUT2D eigenvalue weighted by molar-refractivity contribution is -0.00461. The van der Waals surface area contributed by atoms with Crippen LogP contribution in [0, 0.1) is 0 Å². The second-order valence-corrected chi connectivity index (χ2v) is 5.30. The first-order valence-corrected chi connectivity index (χ1v) is 6.68. The third-order valence-corrected chi connectivity index (χ3v) is 3.87. The molecule has 1 saturated heterocycles. The molecule has 1 aromatic rings. The molecule has 2 rings (SSSR count). The maximum atomic E-state index is 9.44. The summed E-state index contributed by atoms with van der Waals surface area (Å²) in [7, 11) is 3.41. The molecule has 4 nitrogen and oxygen atoms in total. The van der Waals surface area contributed by atoms with Crippen LogP contribution >= 0.6 is 15.9 Å². The number of hydrogen-bond acceptors (Lipinski definition) is 4. The molecule has 0 spiro atoms. The van der Waals surface area contributed by atoms with Crippen LogP contribution in [-0.4, -0.2) is 44.6 Å². The molecule has 0 radical (unpaired) electrons. The van der Waals surface area contributed by atoms with E-state index >= 15 is 0 Å². The van der Waals surface area contributed by atoms with Crippen LogP contribution in [0.4, 0.5) is 5.69 Å². The van der Waals surface area contributed by atoms with E-state index in [0.717, 1.165) is 28.8 Å². The third-order valence-electron chi connectivity index (χ3n) is 3.37. The molecule has 1 heterocycles. The smallest absolute Gasteiger partial charge is 0.102 e. The summed E-state index contributed by atoms with van der Waals surface area (Å²) in [4.78, 5) is 2.19. The Labute approximate surface area is 116 Å². The van der Waals surface area contributed by atoms with Gasteiger partial charge in [-0.15, -0.1) is 0 Å². The van der Waals surface area contributed by atoms with E-state index in [1.165, 1.54) is 0 Å². The molecule has 2 unspecified atom stereocenters. The lowest BCUT2D eigenvalue weighted by atomic mass is 10.1. The summed E-state index contributed by atoms with van der Waals surface area (Å²) in [5, 5.41) is 9.44. The second-order valence-electron chi connectivity index (χ2n) is 4.38. The van der Waals surface area contributed by atoms with Gasteiger partial charge in [0.2, 0.25) is 0 Å². The molecular formula is C13H18BrNO3. The standard InChI is InChI=1S/C13H18BrNO3/c1-17-12-6-15(7-13(12)18-2)11-4-3-10(14)5-9(11)8-16/h3-5,12-13,16H,6-8H2,1-2H3. The highest BCUT2D eigenvalue weighted by Gasteiger charge is 2.33. The number of halogens is 1. The summed E-state index contributed by atoms with van der Waals surface area (Å²) in [5.41, 5.74) is 1.96. The van der Waals surface area contributed by atoms with Crippen molar-refractivity contribution in [2.45, 2.75) is 18.8 Å². The van der Waals surface area contributed by atoms with Gasteiger partial charge in [0.15, 0.2) is 0 Å². The van der Waals surface area contributed by atoms with Gasteiger partial charge in [-0.1, -0.05) is 15.9 Å². The number of ether oxygens (including phenoxy) is 2. The van der Waals surface area contributed by atoms with Crippen molar-refractivity contribution in [3.8, 4) is 0 Å². The highest BCUT2D eigenvalue weighted by atomic mass is 79.9. The Morgan fingerprint density at radius 2 is 1.89 bits per heavy atom. The minimum atomic E-state index is 0.0283. The Morgan fingerprint density at radius 3 is 2.39 bits per heavy atom. The zero-order valence-corrected chi connectivity index (χ0v) is 12.2. The average Bonchev–Trinajstić information content (AvgIpc) is 2.81. The van der Waals surface area contributed by atoms with Crippen LogP contribution in [0.1, 0.15) is 5.56 Å². The number of benzene rings is 1. The number of nitrogens with zero attached hydrogens (tertiary/aromatic N) is 1. The van der Waals surface area contributed by atoms with Gasteiger partial charge in [0.25, 0.3) is 0 Å². The van der Waals surface area contributed by atoms with Gasteiger partial charge in [-0.05, 0) is 18.2 Å². The van der Waals surface area contributed by atoms with E-state index in [1.54, 1.807) is 14.2 Å². The molecule has 0 aromatic heterocycles. The molecule has 1 aliphatic rings. The van der Waals surface area contributed by atoms with Gasteiger partial charge in [-0.2, -0.15) is 0 Å². The third kappa shape index (κ3) is 2.69. The summed E-state index contributed by atoms with van der Waals surface area (Å²) in [6.45, 7) is 1.59. The zero-order chi connectivity index (χ0) is 13.1. The molecule has 1 aromatic carbocycles. The van der Waals surface area contributed by atoms with Gasteiger partial charge in [-0.25, -0.2) is 0 Å². The predicted molar refractivity (Wildman–Crippen MR) is 73.9 cm³/mol. The largest absolute Gasteiger partial charge is 0.392 e. The lowest BCUT2D eigenvalue weighted by Crippen LogP contribution is -2.27. The fourth-order valence-corrected chi connectivity index (χ4v) is 2.79. The number of aliphatic hydroxyl groups excluding tert-OH is 1. The van der Waals surface area contributed by atoms with Gasteiger partial charge >= 0.3 is 0 Å². The molecule has 1 fully saturated rings. The minimum Gasteiger partial charge on any atom is -0.392 e. The number of hydrogen-bond donors (Lipinski definition) is 1. The van der Waals surface area contributed by atoms with E-state index in [9.17, 15) is 5.11 Å². The maximum Gasteiger partial charge on any atom is 0.102 e. The molecule has 0 amide bonds. The van der Waals surface area contributed by atoms with Gasteiger partial charge in [-0.3, -0.25) is 0 Å². The van der Waals surface area contributed by atoms with Gasteiger partial charge in [0, 0.05) is 43.0 Å². The number of anilines is 1. The molecule has 5 heteroatoms. The van der Waals surface area contributed by atoms with Gasteiger partial charge < -0.3 is 19.5 Å². The van der Waals surface area contributed by atoms with Crippen LogP contribution in [0.2, 0.25) is 0 Å². The quantitative estimate of drug-likeness (QED) is 0.920. The molecule has 18 heavy (non-hydrogen) atoms. The van der Waals surface area contributed by atoms with Crippen molar-refractivity contribution in [1.82, 2.24) is 0 Å². The summed E-state index contributed by atoms with van der Waals surface area (Å²) in [5.74, 6) is 0. The summed E-state index contributed by atoms with van der Waals surface area (Å²) in [6, 6.07) is 5.94. The first-order valence-electron chi connectivity index (χ1n) is 5.89. The summed E-state index contributed by atoms with van der Waals surface area (Å²) < 4.78 is 11.8. The number of aliphatic hydroxyl groups is 1. The van der Waals surface area contributed by atoms with Crippen molar-refractivity contribution >= 4 is 21.6 Å². The van der Waals surface area contributed by atoms with Crippen molar-refractivity contribution in [1.29, 1.82) is 0 Å². The molecule has 0 bridgehead atoms. The second kappa shape index (κ2) is 6.02. The molecule has 100 valence electrons. The van der Waals surface area contributed by atoms with Crippen molar-refractivity contribution < 1.29 is 14.6 Å². The highest BCUT2D eigenvalue weighted by Crippen LogP contribution is 2.29. The van der Waals surface area contributed by atoms with Crippen LogP contribution in [0.25, 0.3) is 0 Å². The van der Waals surface area contributed by atoms with Crippen molar-refractivity contribution in [3.05, 3.63) is 28.2 Å². The van der Waals surface area contributed by atoms with E-state index in [-0.39, 0.29) is 18.8 Å². The van der Waals surface area contributed by atoms with E-state index in [1.807, 2.05) is 18.2 Å². The molecule has 1 N–H and O–H groups in total. The minimum absolute atomic E-state index is 0.0283. The number of rotatable bonds is 4. The van der Waals surface area contributed by atoms with E-state index in [0.29, 0.717) is 0 Å². The zero-order valence-electron chi connectivity index (χ0n) is 10.6. The van der Waals surface area contributed by atoms with E-state index < -0.39 is 0 Å². The molecule has 2 atom stereocenters. The molecule has 0 aliphatic carbocycles. The summed E-state index contributed by atoms with van der Waals surface area (Å²) in [6.07, 6.45) is 0.148. The SMILES string of the molecule is COC1CN(c2ccc(Br)cc2CO)CC1OC. The van der Waals surface area contributed by atoms with Crippen molar-refractivity contribution in [3.63, 3.8) is 0 Å². The first kappa shape index (κ1) is 13.8. The fraction of sp³-hybridized carbons (Fsp3) is 0.538. The molecule has 1 aliphatic heterocycles. The highest BCUT2D eigenvalue weighted by molar-refractivity contribution is 9.10. The van der Waals surface area contributed by atoms with Gasteiger partial charge in [0.05, 0.1) is 6.61 Å². The van der Waals surface area contributed by atoms with Crippen LogP contribution in [0.3, 0.4) is 0 Å². The van der Waals surface area contributed by atoms with Crippen molar-refractivity contribution in [2.24, 2.45) is 0 Å². The Bertz CT molecular complexity index is 401. The normalized spacial score (nSPS) is 23.7. The fourth-order valence-electron chi connectivity index (χ4n) is 2.38. The first-order chi connectivity index (χ1) is 8.69. The monoisotopic (exact) mass is 315 g/mol. The van der Waals surface area contributed by atoms with E-state index in [4.69, 9.17) is 9.47 Å². The molecular weight excluding hydrogens is 298 g/mol. The Balaban J connectivity index is 2.22. The molecule has 0 saturated carbocycles. The van der Waals surface area contributed by atoms with E-state index in [2.05, 4.69) is 20.8 Å². The topological polar surface area (TPSA) is 41.9 Å². The maximum absolute atomic E-state index is 9.44. The van der Waals surface area contributed by atoms with Crippen LogP contribution < -0.4 is 4.90 Å². The van der Waals surface area contributed by atoms with Crippen LogP contribution in [-0.2, 0) is 16.1 Å². The van der Waals surface area contributed by atoms with Gasteiger partial charge in [0.1, 0.15) is 12.2 Å². The van der Waals surface area contributed by atoms with Crippen molar-refractivity contribution in [2.75, 3.05) is 32.2 Å². The average molecular weight is 316 g/mol.